The van der Waals surface area contributed by atoms with Crippen molar-refractivity contribution in [2.24, 2.45) is 11.8 Å². The molecule has 0 bridgehead atoms. The molecule has 124 valence electrons. The molecular weight excluding hydrogens is 274 g/mol. The van der Waals surface area contributed by atoms with Crippen molar-refractivity contribution in [1.82, 2.24) is 0 Å². The maximum atomic E-state index is 13.3. The number of hydrogen-bond acceptors (Lipinski definition) is 1. The topological polar surface area (TPSA) is 37.3 Å². The number of hydrogen-bond donors (Lipinski definition) is 1. The summed E-state index contributed by atoms with van der Waals surface area (Å²) in [5, 5.41) is 8.59. The summed E-state index contributed by atoms with van der Waals surface area (Å²) in [6.07, 6.45) is 12.0. The van der Waals surface area contributed by atoms with Gasteiger partial charge in [-0.2, -0.15) is 0 Å². The van der Waals surface area contributed by atoms with Gasteiger partial charge in [-0.3, -0.25) is 4.79 Å². The van der Waals surface area contributed by atoms with Crippen LogP contribution < -0.4 is 0 Å². The first-order valence-electron chi connectivity index (χ1n) is 8.59. The molecule has 0 saturated heterocycles. The van der Waals surface area contributed by atoms with E-state index < -0.39 is 23.7 Å². The molecule has 0 aromatic rings. The third-order valence-corrected chi connectivity index (χ3v) is 4.63. The zero-order chi connectivity index (χ0) is 15.7. The van der Waals surface area contributed by atoms with Gasteiger partial charge in [0.05, 0.1) is 6.42 Å². The minimum Gasteiger partial charge on any atom is -0.481 e. The Balaban J connectivity index is 1.92. The van der Waals surface area contributed by atoms with Gasteiger partial charge in [0.25, 0.3) is 5.92 Å². The van der Waals surface area contributed by atoms with Crippen LogP contribution in [-0.2, 0) is 4.79 Å². The molecule has 0 aliphatic heterocycles. The summed E-state index contributed by atoms with van der Waals surface area (Å²) in [5.41, 5.74) is 0. The monoisotopic (exact) mass is 304 g/mol. The number of carbonyl (C=O) groups is 1. The molecule has 0 radical (unpaired) electrons. The largest absolute Gasteiger partial charge is 0.481 e. The highest BCUT2D eigenvalue weighted by Gasteiger charge is 2.67. The van der Waals surface area contributed by atoms with E-state index in [4.69, 9.17) is 5.11 Å². The molecule has 0 unspecified atom stereocenters. The fourth-order valence-corrected chi connectivity index (χ4v) is 3.17. The van der Waals surface area contributed by atoms with Crippen LogP contribution in [-0.4, -0.2) is 17.0 Å². The maximum absolute atomic E-state index is 13.3. The lowest BCUT2D eigenvalue weighted by Gasteiger charge is -2.02. The lowest BCUT2D eigenvalue weighted by atomic mass is 10.0. The van der Waals surface area contributed by atoms with Gasteiger partial charge in [-0.15, -0.1) is 0 Å². The van der Waals surface area contributed by atoms with Crippen molar-refractivity contribution in [3.63, 3.8) is 0 Å². The third kappa shape index (κ3) is 6.75. The maximum Gasteiger partial charge on any atom is 0.303 e. The number of alkyl halides is 2. The van der Waals surface area contributed by atoms with E-state index in [2.05, 4.69) is 6.92 Å². The first kappa shape index (κ1) is 18.4. The van der Waals surface area contributed by atoms with Crippen LogP contribution in [0, 0.1) is 11.8 Å². The Morgan fingerprint density at radius 2 is 1.38 bits per heavy atom. The van der Waals surface area contributed by atoms with Crippen molar-refractivity contribution in [1.29, 1.82) is 0 Å². The number of carboxylic acid groups (broad SMARTS) is 1. The van der Waals surface area contributed by atoms with Crippen molar-refractivity contribution in [2.75, 3.05) is 0 Å². The average molecular weight is 304 g/mol. The predicted molar refractivity (Wildman–Crippen MR) is 80.6 cm³/mol. The van der Waals surface area contributed by atoms with Gasteiger partial charge >= 0.3 is 5.97 Å². The highest BCUT2D eigenvalue weighted by Crippen LogP contribution is 2.59. The van der Waals surface area contributed by atoms with E-state index in [-0.39, 0.29) is 6.42 Å². The van der Waals surface area contributed by atoms with E-state index in [0.29, 0.717) is 6.42 Å². The molecule has 0 aromatic carbocycles. The van der Waals surface area contributed by atoms with Gasteiger partial charge in [-0.25, -0.2) is 8.78 Å². The summed E-state index contributed by atoms with van der Waals surface area (Å²) < 4.78 is 26.7. The summed E-state index contributed by atoms with van der Waals surface area (Å²) >= 11 is 0. The molecule has 2 atom stereocenters. The number of unbranched alkanes of at least 4 members (excludes halogenated alkanes) is 9. The molecule has 1 aliphatic carbocycles. The molecule has 0 heterocycles. The summed E-state index contributed by atoms with van der Waals surface area (Å²) in [6, 6.07) is 0. The average Bonchev–Trinajstić information content (AvgIpc) is 2.92. The Labute approximate surface area is 127 Å². The Bertz CT molecular complexity index is 305. The summed E-state index contributed by atoms with van der Waals surface area (Å²) in [5.74, 6) is -5.42. The molecule has 1 N–H and O–H groups in total. The third-order valence-electron chi connectivity index (χ3n) is 4.63. The van der Waals surface area contributed by atoms with E-state index in [0.717, 1.165) is 19.3 Å². The smallest absolute Gasteiger partial charge is 0.303 e. The second kappa shape index (κ2) is 9.37. The van der Waals surface area contributed by atoms with Crippen molar-refractivity contribution in [2.45, 2.75) is 89.9 Å². The van der Waals surface area contributed by atoms with Gasteiger partial charge in [0.2, 0.25) is 0 Å². The minimum absolute atomic E-state index is 0.380. The molecule has 21 heavy (non-hydrogen) atoms. The van der Waals surface area contributed by atoms with Crippen molar-refractivity contribution in [3.05, 3.63) is 0 Å². The summed E-state index contributed by atoms with van der Waals surface area (Å²) in [4.78, 5) is 10.5. The standard InChI is InChI=1S/C17H30F2O2/c1-2-3-4-5-6-7-8-9-10-11-12-14-15(13-16(20)21)17(14,18)19/h14-15H,2-13H2,1H3,(H,20,21)/t14-,15+/m1/s1. The fraction of sp³-hybridized carbons (Fsp3) is 0.941. The van der Waals surface area contributed by atoms with Crippen LogP contribution in [0.2, 0.25) is 0 Å². The Hall–Kier alpha value is -0.670. The van der Waals surface area contributed by atoms with Gasteiger partial charge in [-0.1, -0.05) is 71.1 Å². The van der Waals surface area contributed by atoms with Gasteiger partial charge in [0, 0.05) is 11.8 Å². The quantitative estimate of drug-likeness (QED) is 0.446. The Kier molecular flexibility index (Phi) is 8.20. The van der Waals surface area contributed by atoms with Crippen LogP contribution in [0.3, 0.4) is 0 Å². The fourth-order valence-electron chi connectivity index (χ4n) is 3.17. The van der Waals surface area contributed by atoms with Crippen LogP contribution in [0.1, 0.15) is 84.0 Å². The molecule has 4 heteroatoms. The molecule has 1 rings (SSSR count). The van der Waals surface area contributed by atoms with E-state index >= 15 is 0 Å². The van der Waals surface area contributed by atoms with Gasteiger partial charge in [-0.05, 0) is 6.42 Å². The van der Waals surface area contributed by atoms with Gasteiger partial charge in [0.1, 0.15) is 0 Å². The van der Waals surface area contributed by atoms with Crippen molar-refractivity contribution < 1.29 is 18.7 Å². The van der Waals surface area contributed by atoms with E-state index in [9.17, 15) is 13.6 Å². The molecule has 0 amide bonds. The molecule has 0 spiro atoms. The number of aliphatic carboxylic acids is 1. The minimum atomic E-state index is -2.72. The molecule has 1 aliphatic rings. The lowest BCUT2D eigenvalue weighted by molar-refractivity contribution is -0.138. The highest BCUT2D eigenvalue weighted by atomic mass is 19.3. The molecule has 2 nitrogen and oxygen atoms in total. The number of halogens is 2. The van der Waals surface area contributed by atoms with E-state index in [1.54, 1.807) is 0 Å². The molecular formula is C17H30F2O2. The van der Waals surface area contributed by atoms with Crippen LogP contribution in [0.4, 0.5) is 8.78 Å². The number of rotatable bonds is 13. The second-order valence-electron chi connectivity index (χ2n) is 6.46. The first-order valence-corrected chi connectivity index (χ1v) is 8.59. The molecule has 0 aromatic heterocycles. The zero-order valence-electron chi connectivity index (χ0n) is 13.3. The Morgan fingerprint density at radius 3 is 1.86 bits per heavy atom. The zero-order valence-corrected chi connectivity index (χ0v) is 13.3. The second-order valence-corrected chi connectivity index (χ2v) is 6.46. The lowest BCUT2D eigenvalue weighted by Crippen LogP contribution is -2.01. The summed E-state index contributed by atoms with van der Waals surface area (Å²) in [6.45, 7) is 2.21. The summed E-state index contributed by atoms with van der Waals surface area (Å²) in [7, 11) is 0. The van der Waals surface area contributed by atoms with Crippen molar-refractivity contribution >= 4 is 5.97 Å². The number of carboxylic acids is 1. The highest BCUT2D eigenvalue weighted by molar-refractivity contribution is 5.68. The molecule has 1 fully saturated rings. The SMILES string of the molecule is CCCCCCCCCCCC[C@@H]1[C@H](CC(=O)O)C1(F)F. The van der Waals surface area contributed by atoms with Crippen molar-refractivity contribution in [3.8, 4) is 0 Å². The normalized spacial score (nSPS) is 23.2. The van der Waals surface area contributed by atoms with Gasteiger partial charge < -0.3 is 5.11 Å². The molecule has 1 saturated carbocycles. The van der Waals surface area contributed by atoms with Gasteiger partial charge in [0.15, 0.2) is 0 Å². The van der Waals surface area contributed by atoms with Crippen LogP contribution >= 0.6 is 0 Å². The first-order chi connectivity index (χ1) is 10.00. The predicted octanol–water partition coefficient (Wildman–Crippen LogP) is 5.65. The van der Waals surface area contributed by atoms with Crippen LogP contribution in [0.25, 0.3) is 0 Å². The van der Waals surface area contributed by atoms with E-state index in [1.807, 2.05) is 0 Å². The van der Waals surface area contributed by atoms with Crippen LogP contribution in [0.5, 0.6) is 0 Å². The Morgan fingerprint density at radius 1 is 0.905 bits per heavy atom. The van der Waals surface area contributed by atoms with Crippen LogP contribution in [0.15, 0.2) is 0 Å². The van der Waals surface area contributed by atoms with E-state index in [1.165, 1.54) is 44.9 Å².